The normalized spacial score (nSPS) is 10.5. The highest BCUT2D eigenvalue weighted by Gasteiger charge is 2.15. The zero-order valence-corrected chi connectivity index (χ0v) is 14.5. The van der Waals surface area contributed by atoms with E-state index in [1.54, 1.807) is 19.1 Å². The highest BCUT2D eigenvalue weighted by atomic mass is 32.1. The van der Waals surface area contributed by atoms with E-state index >= 15 is 0 Å². The number of ether oxygens (including phenoxy) is 1. The van der Waals surface area contributed by atoms with E-state index in [2.05, 4.69) is 10.3 Å². The topological polar surface area (TPSA) is 51.2 Å². The van der Waals surface area contributed by atoms with Crippen molar-refractivity contribution in [2.24, 2.45) is 0 Å². The van der Waals surface area contributed by atoms with Gasteiger partial charge in [0.1, 0.15) is 28.1 Å². The van der Waals surface area contributed by atoms with Crippen LogP contribution in [0.25, 0.3) is 0 Å². The predicted octanol–water partition coefficient (Wildman–Crippen LogP) is 4.10. The number of carbonyl (C=O) groups is 1. The Morgan fingerprint density at radius 3 is 2.60 bits per heavy atom. The molecule has 0 aliphatic rings. The highest BCUT2D eigenvalue weighted by molar-refractivity contribution is 7.13. The molecule has 4 nitrogen and oxygen atoms in total. The Morgan fingerprint density at radius 2 is 1.88 bits per heavy atom. The van der Waals surface area contributed by atoms with Gasteiger partial charge in [-0.2, -0.15) is 0 Å². The van der Waals surface area contributed by atoms with Crippen molar-refractivity contribution in [1.82, 2.24) is 10.3 Å². The fourth-order valence-corrected chi connectivity index (χ4v) is 3.15. The molecular formula is C19H17FN2O2S. The summed E-state index contributed by atoms with van der Waals surface area (Å²) in [5.41, 5.74) is 1.51. The number of hydrogen-bond donors (Lipinski definition) is 1. The maximum Gasteiger partial charge on any atom is 0.263 e. The summed E-state index contributed by atoms with van der Waals surface area (Å²) < 4.78 is 18.6. The molecule has 2 aromatic carbocycles. The number of rotatable bonds is 6. The predicted molar refractivity (Wildman–Crippen MR) is 95.2 cm³/mol. The van der Waals surface area contributed by atoms with Crippen molar-refractivity contribution in [3.05, 3.63) is 81.6 Å². The number of nitrogens with one attached hydrogen (secondary N) is 1. The maximum atomic E-state index is 12.9. The molecule has 6 heteroatoms. The van der Waals surface area contributed by atoms with Gasteiger partial charge >= 0.3 is 0 Å². The SMILES string of the molecule is Cc1nc(COc2ccccc2)sc1C(=O)NCc1ccc(F)cc1. The minimum absolute atomic E-state index is 0.190. The molecule has 1 aromatic heterocycles. The van der Waals surface area contributed by atoms with Gasteiger partial charge in [0.05, 0.1) is 5.69 Å². The summed E-state index contributed by atoms with van der Waals surface area (Å²) in [6.45, 7) is 2.46. The number of hydrogen-bond acceptors (Lipinski definition) is 4. The maximum absolute atomic E-state index is 12.9. The first kappa shape index (κ1) is 17.1. The largest absolute Gasteiger partial charge is 0.486 e. The summed E-state index contributed by atoms with van der Waals surface area (Å²) in [5.74, 6) is 0.277. The average molecular weight is 356 g/mol. The van der Waals surface area contributed by atoms with Gasteiger partial charge in [-0.3, -0.25) is 4.79 Å². The van der Waals surface area contributed by atoms with Crippen LogP contribution in [0.5, 0.6) is 5.75 Å². The number of thiazole rings is 1. The second-order valence-corrected chi connectivity index (χ2v) is 6.52. The summed E-state index contributed by atoms with van der Waals surface area (Å²) in [6, 6.07) is 15.5. The molecule has 3 aromatic rings. The minimum Gasteiger partial charge on any atom is -0.486 e. The second-order valence-electron chi connectivity index (χ2n) is 5.43. The first-order chi connectivity index (χ1) is 12.1. The number of amides is 1. The first-order valence-corrected chi connectivity index (χ1v) is 8.60. The number of carbonyl (C=O) groups excluding carboxylic acids is 1. The van der Waals surface area contributed by atoms with Crippen LogP contribution in [0.2, 0.25) is 0 Å². The lowest BCUT2D eigenvalue weighted by Gasteiger charge is -2.04. The molecule has 1 N–H and O–H groups in total. The lowest BCUT2D eigenvalue weighted by molar-refractivity contribution is 0.0954. The van der Waals surface area contributed by atoms with E-state index in [0.29, 0.717) is 23.7 Å². The smallest absolute Gasteiger partial charge is 0.263 e. The number of para-hydroxylation sites is 1. The van der Waals surface area contributed by atoms with E-state index in [4.69, 9.17) is 4.74 Å². The van der Waals surface area contributed by atoms with E-state index in [1.807, 2.05) is 30.3 Å². The van der Waals surface area contributed by atoms with Gasteiger partial charge < -0.3 is 10.1 Å². The summed E-state index contributed by atoms with van der Waals surface area (Å²) >= 11 is 1.32. The highest BCUT2D eigenvalue weighted by Crippen LogP contribution is 2.20. The zero-order chi connectivity index (χ0) is 17.6. The molecule has 3 rings (SSSR count). The minimum atomic E-state index is -0.295. The molecular weight excluding hydrogens is 339 g/mol. The van der Waals surface area contributed by atoms with Crippen LogP contribution >= 0.6 is 11.3 Å². The molecule has 0 aliphatic carbocycles. The van der Waals surface area contributed by atoms with E-state index < -0.39 is 0 Å². The fourth-order valence-electron chi connectivity index (χ4n) is 2.25. The molecule has 1 heterocycles. The molecule has 0 saturated heterocycles. The molecule has 0 bridgehead atoms. The quantitative estimate of drug-likeness (QED) is 0.723. The van der Waals surface area contributed by atoms with E-state index in [0.717, 1.165) is 16.3 Å². The van der Waals surface area contributed by atoms with Crippen molar-refractivity contribution >= 4 is 17.2 Å². The van der Waals surface area contributed by atoms with Crippen LogP contribution in [-0.2, 0) is 13.2 Å². The number of nitrogens with zero attached hydrogens (tertiary/aromatic N) is 1. The third-order valence-electron chi connectivity index (χ3n) is 3.52. The van der Waals surface area contributed by atoms with Crippen molar-refractivity contribution in [1.29, 1.82) is 0 Å². The van der Waals surface area contributed by atoms with Gasteiger partial charge in [-0.25, -0.2) is 9.37 Å². The molecule has 0 saturated carbocycles. The third kappa shape index (κ3) is 4.64. The number of aromatic nitrogens is 1. The Morgan fingerprint density at radius 1 is 1.16 bits per heavy atom. The van der Waals surface area contributed by atoms with Crippen LogP contribution in [0.15, 0.2) is 54.6 Å². The third-order valence-corrected chi connectivity index (χ3v) is 4.65. The Bertz CT molecular complexity index is 848. The standard InChI is InChI=1S/C19H17FN2O2S/c1-13-18(19(23)21-11-14-7-9-15(20)10-8-14)25-17(22-13)12-24-16-5-3-2-4-6-16/h2-10H,11-12H2,1H3,(H,21,23). The van der Waals surface area contributed by atoms with Gasteiger partial charge in [-0.15, -0.1) is 11.3 Å². The zero-order valence-electron chi connectivity index (χ0n) is 13.7. The molecule has 25 heavy (non-hydrogen) atoms. The molecule has 0 spiro atoms. The summed E-state index contributed by atoms with van der Waals surface area (Å²) in [6.07, 6.45) is 0. The van der Waals surface area contributed by atoms with Gasteiger partial charge in [0.2, 0.25) is 0 Å². The molecule has 128 valence electrons. The number of benzene rings is 2. The van der Waals surface area contributed by atoms with Gasteiger partial charge in [0.15, 0.2) is 0 Å². The Balaban J connectivity index is 1.59. The van der Waals surface area contributed by atoms with Crippen molar-refractivity contribution in [2.45, 2.75) is 20.1 Å². The van der Waals surface area contributed by atoms with E-state index in [1.165, 1.54) is 23.5 Å². The summed E-state index contributed by atoms with van der Waals surface area (Å²) in [5, 5.41) is 3.57. The van der Waals surface area contributed by atoms with Crippen LogP contribution < -0.4 is 10.1 Å². The van der Waals surface area contributed by atoms with Crippen LogP contribution in [0.3, 0.4) is 0 Å². The monoisotopic (exact) mass is 356 g/mol. The Hall–Kier alpha value is -2.73. The lowest BCUT2D eigenvalue weighted by atomic mass is 10.2. The van der Waals surface area contributed by atoms with Crippen molar-refractivity contribution in [3.8, 4) is 5.75 Å². The van der Waals surface area contributed by atoms with Crippen LogP contribution in [0.1, 0.15) is 25.9 Å². The van der Waals surface area contributed by atoms with Crippen LogP contribution in [0.4, 0.5) is 4.39 Å². The van der Waals surface area contributed by atoms with E-state index in [-0.39, 0.29) is 11.7 Å². The first-order valence-electron chi connectivity index (χ1n) is 7.78. The lowest BCUT2D eigenvalue weighted by Crippen LogP contribution is -2.22. The fraction of sp³-hybridized carbons (Fsp3) is 0.158. The van der Waals surface area contributed by atoms with E-state index in [9.17, 15) is 9.18 Å². The Labute approximate surface area is 149 Å². The molecule has 0 radical (unpaired) electrons. The molecule has 0 unspecified atom stereocenters. The van der Waals surface area contributed by atoms with Gasteiger partial charge in [0, 0.05) is 6.54 Å². The van der Waals surface area contributed by atoms with Crippen molar-refractivity contribution in [2.75, 3.05) is 0 Å². The second kappa shape index (κ2) is 7.90. The molecule has 0 fully saturated rings. The summed E-state index contributed by atoms with van der Waals surface area (Å²) in [7, 11) is 0. The summed E-state index contributed by atoms with van der Waals surface area (Å²) in [4.78, 5) is 17.3. The van der Waals surface area contributed by atoms with Gasteiger partial charge in [0.25, 0.3) is 5.91 Å². The van der Waals surface area contributed by atoms with Crippen LogP contribution in [-0.4, -0.2) is 10.9 Å². The van der Waals surface area contributed by atoms with Gasteiger partial charge in [-0.1, -0.05) is 30.3 Å². The van der Waals surface area contributed by atoms with Crippen molar-refractivity contribution in [3.63, 3.8) is 0 Å². The molecule has 0 atom stereocenters. The average Bonchev–Trinajstić information content (AvgIpc) is 3.01. The van der Waals surface area contributed by atoms with Gasteiger partial charge in [-0.05, 0) is 36.8 Å². The molecule has 1 amide bonds. The van der Waals surface area contributed by atoms with Crippen molar-refractivity contribution < 1.29 is 13.9 Å². The molecule has 0 aliphatic heterocycles. The van der Waals surface area contributed by atoms with Crippen LogP contribution in [0, 0.1) is 12.7 Å². The number of halogens is 1. The Kier molecular flexibility index (Phi) is 5.40. The number of aryl methyl sites for hydroxylation is 1.